The minimum absolute atomic E-state index is 0.359. The molecule has 12 heavy (non-hydrogen) atoms. The van der Waals surface area contributed by atoms with Gasteiger partial charge in [-0.05, 0) is 36.6 Å². The molecule has 0 saturated heterocycles. The molecule has 0 bridgehead atoms. The van der Waals surface area contributed by atoms with E-state index >= 15 is 0 Å². The van der Waals surface area contributed by atoms with Crippen LogP contribution in [0.15, 0.2) is 18.2 Å². The molecule has 1 N–H and O–H groups in total. The van der Waals surface area contributed by atoms with Crippen LogP contribution < -0.4 is 0 Å². The predicted molar refractivity (Wildman–Crippen MR) is 51.4 cm³/mol. The Labute approximate surface area is 78.0 Å². The van der Waals surface area contributed by atoms with Crippen molar-refractivity contribution >= 4 is 11.6 Å². The summed E-state index contributed by atoms with van der Waals surface area (Å²) in [6, 6.07) is 5.56. The highest BCUT2D eigenvalue weighted by atomic mass is 35.5. The first kappa shape index (κ1) is 9.56. The summed E-state index contributed by atoms with van der Waals surface area (Å²) >= 11 is 5.78. The smallest absolute Gasteiger partial charge is 0.0790 e. The van der Waals surface area contributed by atoms with Crippen LogP contribution >= 0.6 is 11.6 Å². The van der Waals surface area contributed by atoms with E-state index in [1.807, 2.05) is 32.0 Å². The number of aliphatic hydroxyl groups excluding tert-OH is 1. The number of halogens is 1. The van der Waals surface area contributed by atoms with Gasteiger partial charge in [-0.2, -0.15) is 0 Å². The molecule has 0 aliphatic carbocycles. The van der Waals surface area contributed by atoms with Gasteiger partial charge in [0, 0.05) is 5.02 Å². The molecule has 0 amide bonds. The van der Waals surface area contributed by atoms with Gasteiger partial charge in [-0.15, -0.1) is 0 Å². The van der Waals surface area contributed by atoms with Crippen LogP contribution in [0, 0.1) is 6.92 Å². The third kappa shape index (κ3) is 1.99. The van der Waals surface area contributed by atoms with Crippen molar-refractivity contribution in [3.05, 3.63) is 34.3 Å². The van der Waals surface area contributed by atoms with Gasteiger partial charge in [-0.1, -0.05) is 24.6 Å². The van der Waals surface area contributed by atoms with Gasteiger partial charge in [0.2, 0.25) is 0 Å². The molecule has 1 aromatic carbocycles. The summed E-state index contributed by atoms with van der Waals surface area (Å²) in [7, 11) is 0. The lowest BCUT2D eigenvalue weighted by atomic mass is 10.0. The first-order chi connectivity index (χ1) is 5.65. The van der Waals surface area contributed by atoms with Gasteiger partial charge in [0.05, 0.1) is 6.10 Å². The summed E-state index contributed by atoms with van der Waals surface area (Å²) < 4.78 is 0. The second kappa shape index (κ2) is 3.92. The summed E-state index contributed by atoms with van der Waals surface area (Å²) in [5.74, 6) is 0. The van der Waals surface area contributed by atoms with E-state index in [-0.39, 0.29) is 6.10 Å². The van der Waals surface area contributed by atoms with Gasteiger partial charge in [0.25, 0.3) is 0 Å². The van der Waals surface area contributed by atoms with Crippen molar-refractivity contribution in [1.82, 2.24) is 0 Å². The molecular weight excluding hydrogens is 172 g/mol. The highest BCUT2D eigenvalue weighted by Crippen LogP contribution is 2.22. The number of hydrogen-bond donors (Lipinski definition) is 1. The van der Waals surface area contributed by atoms with Crippen molar-refractivity contribution in [2.75, 3.05) is 0 Å². The van der Waals surface area contributed by atoms with E-state index in [4.69, 9.17) is 11.6 Å². The van der Waals surface area contributed by atoms with Gasteiger partial charge in [0.15, 0.2) is 0 Å². The molecule has 0 aromatic heterocycles. The molecule has 1 atom stereocenters. The number of benzene rings is 1. The van der Waals surface area contributed by atoms with Crippen molar-refractivity contribution < 1.29 is 5.11 Å². The van der Waals surface area contributed by atoms with E-state index in [1.165, 1.54) is 0 Å². The quantitative estimate of drug-likeness (QED) is 0.749. The molecule has 0 spiro atoms. The SMILES string of the molecule is CCC(O)c1ccc(Cl)cc1C. The molecule has 66 valence electrons. The minimum atomic E-state index is -0.359. The zero-order valence-electron chi connectivity index (χ0n) is 7.34. The van der Waals surface area contributed by atoms with Crippen molar-refractivity contribution in [3.63, 3.8) is 0 Å². The molecule has 0 aliphatic rings. The van der Waals surface area contributed by atoms with E-state index < -0.39 is 0 Å². The van der Waals surface area contributed by atoms with Crippen LogP contribution in [0.2, 0.25) is 5.02 Å². The monoisotopic (exact) mass is 184 g/mol. The van der Waals surface area contributed by atoms with E-state index in [2.05, 4.69) is 0 Å². The highest BCUT2D eigenvalue weighted by molar-refractivity contribution is 6.30. The maximum Gasteiger partial charge on any atom is 0.0790 e. The first-order valence-corrected chi connectivity index (χ1v) is 4.47. The normalized spacial score (nSPS) is 13.0. The Morgan fingerprint density at radius 1 is 1.50 bits per heavy atom. The molecule has 0 aliphatic heterocycles. The third-order valence-electron chi connectivity index (χ3n) is 1.98. The van der Waals surface area contributed by atoms with Crippen LogP contribution in [0.25, 0.3) is 0 Å². The summed E-state index contributed by atoms with van der Waals surface area (Å²) in [6.45, 7) is 3.92. The molecule has 0 heterocycles. The third-order valence-corrected chi connectivity index (χ3v) is 2.21. The summed E-state index contributed by atoms with van der Waals surface area (Å²) in [5, 5.41) is 10.3. The fourth-order valence-electron chi connectivity index (χ4n) is 1.23. The van der Waals surface area contributed by atoms with Gasteiger partial charge in [-0.25, -0.2) is 0 Å². The van der Waals surface area contributed by atoms with Crippen LogP contribution in [-0.4, -0.2) is 5.11 Å². The second-order valence-electron chi connectivity index (χ2n) is 2.92. The maximum absolute atomic E-state index is 9.56. The zero-order chi connectivity index (χ0) is 9.14. The van der Waals surface area contributed by atoms with Gasteiger partial charge in [0.1, 0.15) is 0 Å². The topological polar surface area (TPSA) is 20.2 Å². The predicted octanol–water partition coefficient (Wildman–Crippen LogP) is 3.09. The Morgan fingerprint density at radius 3 is 2.67 bits per heavy atom. The van der Waals surface area contributed by atoms with Crippen LogP contribution in [0.5, 0.6) is 0 Å². The molecule has 2 heteroatoms. The molecule has 0 saturated carbocycles. The number of rotatable bonds is 2. The summed E-state index contributed by atoms with van der Waals surface area (Å²) in [5.41, 5.74) is 2.03. The molecule has 0 fully saturated rings. The minimum Gasteiger partial charge on any atom is -0.388 e. The molecular formula is C10H13ClO. The van der Waals surface area contributed by atoms with E-state index in [9.17, 15) is 5.11 Å². The van der Waals surface area contributed by atoms with Crippen LogP contribution in [0.3, 0.4) is 0 Å². The van der Waals surface area contributed by atoms with Crippen LogP contribution in [-0.2, 0) is 0 Å². The summed E-state index contributed by atoms with van der Waals surface area (Å²) in [6.07, 6.45) is 0.380. The Kier molecular flexibility index (Phi) is 3.12. The van der Waals surface area contributed by atoms with E-state index in [0.717, 1.165) is 22.6 Å². The van der Waals surface area contributed by atoms with Crippen molar-refractivity contribution in [2.45, 2.75) is 26.4 Å². The molecule has 1 rings (SSSR count). The number of aliphatic hydroxyl groups is 1. The molecule has 1 unspecified atom stereocenters. The van der Waals surface area contributed by atoms with E-state index in [1.54, 1.807) is 0 Å². The highest BCUT2D eigenvalue weighted by Gasteiger charge is 2.07. The largest absolute Gasteiger partial charge is 0.388 e. The Morgan fingerprint density at radius 2 is 2.17 bits per heavy atom. The Hall–Kier alpha value is -0.530. The number of aryl methyl sites for hydroxylation is 1. The lowest BCUT2D eigenvalue weighted by Gasteiger charge is -2.11. The lowest BCUT2D eigenvalue weighted by molar-refractivity contribution is 0.173. The maximum atomic E-state index is 9.56. The first-order valence-electron chi connectivity index (χ1n) is 4.09. The van der Waals surface area contributed by atoms with E-state index in [0.29, 0.717) is 0 Å². The van der Waals surface area contributed by atoms with Crippen molar-refractivity contribution in [2.24, 2.45) is 0 Å². The number of hydrogen-bond acceptors (Lipinski definition) is 1. The van der Waals surface area contributed by atoms with Crippen molar-refractivity contribution in [3.8, 4) is 0 Å². The lowest BCUT2D eigenvalue weighted by Crippen LogP contribution is -1.97. The second-order valence-corrected chi connectivity index (χ2v) is 3.36. The van der Waals surface area contributed by atoms with Crippen LogP contribution in [0.4, 0.5) is 0 Å². The molecule has 1 aromatic rings. The van der Waals surface area contributed by atoms with Crippen LogP contribution in [0.1, 0.15) is 30.6 Å². The molecule has 0 radical (unpaired) electrons. The Bertz CT molecular complexity index is 271. The molecule has 1 nitrogen and oxygen atoms in total. The average Bonchev–Trinajstić information content (AvgIpc) is 2.03. The van der Waals surface area contributed by atoms with Gasteiger partial charge in [-0.3, -0.25) is 0 Å². The van der Waals surface area contributed by atoms with Gasteiger partial charge < -0.3 is 5.11 Å². The summed E-state index contributed by atoms with van der Waals surface area (Å²) in [4.78, 5) is 0. The van der Waals surface area contributed by atoms with Crippen molar-refractivity contribution in [1.29, 1.82) is 0 Å². The Balaban J connectivity index is 3.01. The average molecular weight is 185 g/mol. The standard InChI is InChI=1S/C10H13ClO/c1-3-10(12)9-5-4-8(11)6-7(9)2/h4-6,10,12H,3H2,1-2H3. The zero-order valence-corrected chi connectivity index (χ0v) is 8.10. The van der Waals surface area contributed by atoms with Gasteiger partial charge >= 0.3 is 0 Å². The fourth-order valence-corrected chi connectivity index (χ4v) is 1.46. The fraction of sp³-hybridized carbons (Fsp3) is 0.400.